The van der Waals surface area contributed by atoms with Crippen LogP contribution in [0.3, 0.4) is 0 Å². The van der Waals surface area contributed by atoms with E-state index in [1.54, 1.807) is 52.5 Å². The minimum atomic E-state index is -1.23. The zero-order valence-corrected chi connectivity index (χ0v) is 43.1. The fraction of sp³-hybridized carbons (Fsp3) is 0.583. The van der Waals surface area contributed by atoms with Crippen molar-refractivity contribution in [3.05, 3.63) is 83.5 Å². The van der Waals surface area contributed by atoms with Gasteiger partial charge in [0.1, 0.15) is 24.4 Å². The molecular weight excluding hydrogens is 991 g/mol. The van der Waals surface area contributed by atoms with Gasteiger partial charge in [0.15, 0.2) is 6.29 Å². The number of aliphatic hydroxyl groups excluding tert-OH is 3. The molecule has 0 bridgehead atoms. The number of carbonyl (C=O) groups excluding carboxylic acids is 4. The van der Waals surface area contributed by atoms with Crippen molar-refractivity contribution in [2.24, 2.45) is 5.73 Å². The van der Waals surface area contributed by atoms with Crippen molar-refractivity contribution in [3.8, 4) is 11.4 Å². The summed E-state index contributed by atoms with van der Waals surface area (Å²) in [4.78, 5) is 63.1. The number of likely N-dealkylation sites (N-methyl/N-ethyl adjacent to an activating group) is 1. The topological polar surface area (TPSA) is 361 Å². The van der Waals surface area contributed by atoms with Gasteiger partial charge in [-0.3, -0.25) is 38.7 Å². The summed E-state index contributed by atoms with van der Waals surface area (Å²) in [6.07, 6.45) is 6.84. The fourth-order valence-electron chi connectivity index (χ4n) is 7.90. The predicted octanol–water partition coefficient (Wildman–Crippen LogP) is -2.36. The third kappa shape index (κ3) is 19.1. The number of hydrogen-bond acceptors (Lipinski definition) is 21. The second kappa shape index (κ2) is 30.7. The molecule has 6 heterocycles. The molecule has 28 heteroatoms. The number of aryl methyl sites for hydroxylation is 2. The maximum absolute atomic E-state index is 13.5. The van der Waals surface area contributed by atoms with E-state index in [4.69, 9.17) is 24.7 Å². The second-order valence-corrected chi connectivity index (χ2v) is 18.3. The lowest BCUT2D eigenvalue weighted by Gasteiger charge is -2.36. The molecule has 5 aromatic rings. The molecule has 1 aliphatic rings. The van der Waals surface area contributed by atoms with Crippen molar-refractivity contribution in [1.29, 1.82) is 0 Å². The van der Waals surface area contributed by atoms with E-state index < -0.39 is 48.5 Å². The Labute approximate surface area is 439 Å². The second-order valence-electron chi connectivity index (χ2n) is 18.3. The Morgan fingerprint density at radius 1 is 0.803 bits per heavy atom. The summed E-state index contributed by atoms with van der Waals surface area (Å²) in [6.45, 7) is 4.44. The molecule has 6 atom stereocenters. The van der Waals surface area contributed by atoms with E-state index in [2.05, 4.69) is 62.2 Å². The molecule has 1 fully saturated rings. The quantitative estimate of drug-likeness (QED) is 0.0204. The van der Waals surface area contributed by atoms with Gasteiger partial charge in [0.2, 0.25) is 17.7 Å². The van der Waals surface area contributed by atoms with E-state index in [0.717, 1.165) is 5.56 Å². The number of pyridine rings is 2. The molecule has 0 radical (unpaired) electrons. The zero-order valence-electron chi connectivity index (χ0n) is 43.1. The van der Waals surface area contributed by atoms with Crippen LogP contribution in [0.15, 0.2) is 55.2 Å². The molecule has 76 heavy (non-hydrogen) atoms. The first-order valence-electron chi connectivity index (χ1n) is 25.2. The average molecular weight is 1060 g/mol. The summed E-state index contributed by atoms with van der Waals surface area (Å²) in [5.74, 6) is -1.35. The highest BCUT2D eigenvalue weighted by Crippen LogP contribution is 2.21. The van der Waals surface area contributed by atoms with E-state index >= 15 is 0 Å². The van der Waals surface area contributed by atoms with Crippen LogP contribution in [-0.4, -0.2) is 202 Å². The third-order valence-corrected chi connectivity index (χ3v) is 12.0. The number of nitrogens with two attached hydrogens (primary N) is 1. The SMILES string of the molecule is Cc1ccnc(-c2cc(C(=O)NCc3cn(CCOCCOCCNC(=O)[C@H](Cc4cn(CCCC[C@@H](C(=O)NCCCO[C@@H]5O[C@H](CO)C[C@H](O)[C@H]5O)N(C)C)nn4)NC(=O)Cn4cc(CN)nn4)nn3)ccn2)c1. The minimum Gasteiger partial charge on any atom is -0.394 e. The smallest absolute Gasteiger partial charge is 0.251 e. The Morgan fingerprint density at radius 3 is 2.24 bits per heavy atom. The Bertz CT molecular complexity index is 2580. The molecule has 28 nitrogen and oxygen atoms in total. The normalized spacial score (nSPS) is 17.3. The number of aliphatic hydroxyl groups is 3. The predicted molar refractivity (Wildman–Crippen MR) is 269 cm³/mol. The Morgan fingerprint density at radius 2 is 1.49 bits per heavy atom. The molecule has 0 saturated carbocycles. The van der Waals surface area contributed by atoms with Crippen molar-refractivity contribution in [2.45, 2.75) is 115 Å². The van der Waals surface area contributed by atoms with Gasteiger partial charge in [0.25, 0.3) is 5.91 Å². The van der Waals surface area contributed by atoms with E-state index in [1.165, 1.54) is 4.68 Å². The van der Waals surface area contributed by atoms with Gasteiger partial charge in [0.05, 0.1) is 106 Å². The first-order valence-corrected chi connectivity index (χ1v) is 25.2. The largest absolute Gasteiger partial charge is 0.394 e. The number of nitrogens with zero attached hydrogens (tertiary/aromatic N) is 12. The highest BCUT2D eigenvalue weighted by molar-refractivity contribution is 5.95. The number of rotatable bonds is 33. The van der Waals surface area contributed by atoms with E-state index in [1.807, 2.05) is 38.1 Å². The first kappa shape index (κ1) is 58.5. The van der Waals surface area contributed by atoms with Crippen LogP contribution in [0.5, 0.6) is 0 Å². The molecule has 9 N–H and O–H groups in total. The van der Waals surface area contributed by atoms with Crippen molar-refractivity contribution in [2.75, 3.05) is 66.8 Å². The van der Waals surface area contributed by atoms with Crippen LogP contribution in [0.2, 0.25) is 0 Å². The summed E-state index contributed by atoms with van der Waals surface area (Å²) >= 11 is 0. The molecule has 0 spiro atoms. The highest BCUT2D eigenvalue weighted by Gasteiger charge is 2.37. The van der Waals surface area contributed by atoms with Gasteiger partial charge < -0.3 is 61.3 Å². The van der Waals surface area contributed by atoms with Crippen LogP contribution in [0.4, 0.5) is 0 Å². The van der Waals surface area contributed by atoms with Crippen LogP contribution in [-0.2, 0) is 72.5 Å². The standard InChI is InChI=1S/C48H71N17O11/c1-32-8-11-50-38(21-32)39-22-33(9-12-51-39)45(70)54-26-36-29-64(60-58-36)15-18-74-20-19-73-17-13-53-46(71)40(55-43(68)30-65-28-35(25-49)57-61-65)23-34-27-63(59-56-34)14-5-4-7-41(62(2)3)47(72)52-10-6-16-75-48-44(69)42(67)24-37(31-66)76-48/h8-9,11-12,21-22,27-29,37,40-42,44,48,66-67,69H,4-7,10,13-20,23-26,30-31,49H2,1-3H3,(H,52,72)(H,53,71)(H,54,70)(H,55,68)/t37-,40-,41-,42-,44+,48+/m0/s1. The Kier molecular flexibility index (Phi) is 23.6. The number of carbonyl (C=O) groups is 4. The number of ether oxygens (including phenoxy) is 4. The van der Waals surface area contributed by atoms with Crippen LogP contribution in [0, 0.1) is 6.92 Å². The summed E-state index contributed by atoms with van der Waals surface area (Å²) < 4.78 is 27.0. The molecule has 1 saturated heterocycles. The fourth-order valence-corrected chi connectivity index (χ4v) is 7.90. The van der Waals surface area contributed by atoms with Crippen molar-refractivity contribution < 1.29 is 53.4 Å². The number of amides is 4. The molecular formula is C48H71N17O11. The molecule has 414 valence electrons. The van der Waals surface area contributed by atoms with Crippen molar-refractivity contribution in [1.82, 2.24) is 81.1 Å². The summed E-state index contributed by atoms with van der Waals surface area (Å²) in [7, 11) is 3.66. The molecule has 0 unspecified atom stereocenters. The van der Waals surface area contributed by atoms with Crippen molar-refractivity contribution in [3.63, 3.8) is 0 Å². The summed E-state index contributed by atoms with van der Waals surface area (Å²) in [5, 5.41) is 65.5. The van der Waals surface area contributed by atoms with Gasteiger partial charge in [-0.2, -0.15) is 0 Å². The molecule has 6 rings (SSSR count). The lowest BCUT2D eigenvalue weighted by atomic mass is 10.0. The Hall–Kier alpha value is -6.76. The van der Waals surface area contributed by atoms with Gasteiger partial charge in [-0.15, -0.1) is 15.3 Å². The van der Waals surface area contributed by atoms with Crippen LogP contribution < -0.4 is 27.0 Å². The average Bonchev–Trinajstić information content (AvgIpc) is 4.20. The van der Waals surface area contributed by atoms with Crippen LogP contribution >= 0.6 is 0 Å². The maximum atomic E-state index is 13.5. The van der Waals surface area contributed by atoms with Crippen LogP contribution in [0.25, 0.3) is 11.4 Å². The molecule has 4 amide bonds. The lowest BCUT2D eigenvalue weighted by molar-refractivity contribution is -0.271. The van der Waals surface area contributed by atoms with E-state index in [9.17, 15) is 34.5 Å². The van der Waals surface area contributed by atoms with Crippen molar-refractivity contribution >= 4 is 23.6 Å². The van der Waals surface area contributed by atoms with Crippen LogP contribution in [0.1, 0.15) is 65.1 Å². The monoisotopic (exact) mass is 1060 g/mol. The number of aromatic nitrogens is 11. The summed E-state index contributed by atoms with van der Waals surface area (Å²) in [6, 6.07) is 5.73. The highest BCUT2D eigenvalue weighted by atomic mass is 16.7. The van der Waals surface area contributed by atoms with E-state index in [-0.39, 0.29) is 83.9 Å². The lowest BCUT2D eigenvalue weighted by Crippen LogP contribution is -2.50. The molecule has 0 aliphatic carbocycles. The molecule has 1 aliphatic heterocycles. The Balaban J connectivity index is 0.863. The number of hydrogen-bond donors (Lipinski definition) is 8. The first-order chi connectivity index (χ1) is 36.8. The van der Waals surface area contributed by atoms with Gasteiger partial charge in [0, 0.05) is 63.2 Å². The molecule has 0 aromatic carbocycles. The zero-order chi connectivity index (χ0) is 54.2. The summed E-state index contributed by atoms with van der Waals surface area (Å²) in [5.41, 5.74) is 9.97. The molecule has 5 aromatic heterocycles. The van der Waals surface area contributed by atoms with Gasteiger partial charge in [-0.1, -0.05) is 15.6 Å². The van der Waals surface area contributed by atoms with Gasteiger partial charge in [-0.25, -0.2) is 9.36 Å². The van der Waals surface area contributed by atoms with Gasteiger partial charge >= 0.3 is 0 Å². The minimum absolute atomic E-state index is 0.0479. The number of nitrogens with one attached hydrogen (secondary N) is 4. The maximum Gasteiger partial charge on any atom is 0.251 e. The van der Waals surface area contributed by atoms with Gasteiger partial charge in [-0.05, 0) is 76.5 Å². The number of unbranched alkanes of at least 4 members (excludes halogenated alkanes) is 1. The van der Waals surface area contributed by atoms with E-state index in [0.29, 0.717) is 86.0 Å². The third-order valence-electron chi connectivity index (χ3n) is 12.0.